The molecule has 7 heteroatoms. The van der Waals surface area contributed by atoms with Crippen molar-refractivity contribution in [1.29, 1.82) is 0 Å². The molecule has 0 spiro atoms. The van der Waals surface area contributed by atoms with Crippen LogP contribution in [-0.2, 0) is 25.5 Å². The van der Waals surface area contributed by atoms with Crippen LogP contribution in [0.15, 0.2) is 67.0 Å². The fourth-order valence-electron chi connectivity index (χ4n) is 5.32. The van der Waals surface area contributed by atoms with Crippen molar-refractivity contribution >= 4 is 11.8 Å². The molecule has 5 rings (SSSR count). The molecule has 0 radical (unpaired) electrons. The van der Waals surface area contributed by atoms with E-state index < -0.39 is 34.8 Å². The van der Waals surface area contributed by atoms with Crippen molar-refractivity contribution in [3.05, 3.63) is 89.2 Å². The Balaban J connectivity index is 1.91. The van der Waals surface area contributed by atoms with E-state index >= 15 is 0 Å². The fourth-order valence-corrected chi connectivity index (χ4v) is 5.32. The van der Waals surface area contributed by atoms with E-state index in [1.54, 1.807) is 12.1 Å². The van der Waals surface area contributed by atoms with Crippen LogP contribution in [-0.4, -0.2) is 36.1 Å². The highest BCUT2D eigenvalue weighted by atomic mass is 16.5. The molecular weight excluding hydrogens is 422 g/mol. The van der Waals surface area contributed by atoms with Crippen LogP contribution in [0, 0.1) is 12.8 Å². The molecule has 1 saturated carbocycles. The number of esters is 1. The molecule has 2 bridgehead atoms. The number of methoxy groups -OCH3 is 2. The Bertz CT molecular complexity index is 1240. The fraction of sp³-hybridized carbons (Fsp3) is 0.269. The summed E-state index contributed by atoms with van der Waals surface area (Å²) in [7, 11) is 2.65. The van der Waals surface area contributed by atoms with E-state index in [0.717, 1.165) is 5.56 Å². The molecule has 2 aliphatic rings. The number of hydrogen-bond acceptors (Lipinski definition) is 7. The average molecular weight is 445 g/mol. The van der Waals surface area contributed by atoms with Gasteiger partial charge in [-0.3, -0.25) is 14.6 Å². The van der Waals surface area contributed by atoms with E-state index in [1.807, 2.05) is 49.4 Å². The number of rotatable bonds is 4. The number of pyridine rings is 1. The Morgan fingerprint density at radius 1 is 1.06 bits per heavy atom. The van der Waals surface area contributed by atoms with Crippen LogP contribution in [0.3, 0.4) is 0 Å². The van der Waals surface area contributed by atoms with Crippen molar-refractivity contribution in [2.45, 2.75) is 24.0 Å². The molecule has 2 aromatic carbocycles. The molecule has 1 aliphatic carbocycles. The predicted octanol–water partition coefficient (Wildman–Crippen LogP) is 3.03. The summed E-state index contributed by atoms with van der Waals surface area (Å²) in [5, 5.41) is 12.2. The maximum Gasteiger partial charge on any atom is 0.313 e. The molecule has 4 atom stereocenters. The van der Waals surface area contributed by atoms with Gasteiger partial charge in [0.25, 0.3) is 0 Å². The molecule has 1 fully saturated rings. The number of fused-ring (bicyclic) bond motifs is 4. The number of nitrogens with zero attached hydrogens (tertiary/aromatic N) is 1. The normalized spacial score (nSPS) is 27.5. The lowest BCUT2D eigenvalue weighted by molar-refractivity contribution is -0.162. The van der Waals surface area contributed by atoms with Gasteiger partial charge in [-0.25, -0.2) is 0 Å². The maximum atomic E-state index is 14.3. The minimum atomic E-state index is -2.25. The molecule has 0 amide bonds. The second kappa shape index (κ2) is 7.42. The van der Waals surface area contributed by atoms with Crippen LogP contribution in [0.2, 0.25) is 0 Å². The largest absolute Gasteiger partial charge is 0.495 e. The van der Waals surface area contributed by atoms with E-state index in [2.05, 4.69) is 4.98 Å². The molecule has 0 saturated heterocycles. The summed E-state index contributed by atoms with van der Waals surface area (Å²) in [5.74, 6) is -3.17. The summed E-state index contributed by atoms with van der Waals surface area (Å²) in [5.41, 5.74) is -1.65. The van der Waals surface area contributed by atoms with Gasteiger partial charge in [-0.1, -0.05) is 60.2 Å². The van der Waals surface area contributed by atoms with E-state index in [1.165, 1.54) is 26.6 Å². The highest BCUT2D eigenvalue weighted by molar-refractivity contribution is 6.07. The number of ketones is 1. The SMILES string of the molecule is COC(=O)[C@@H]1C(c2ccccc2)C2(c3ccc(C)cc3)Oc3cncc(OC)c3[C@@]1(O)C2=O. The van der Waals surface area contributed by atoms with Crippen LogP contribution in [0.1, 0.15) is 28.2 Å². The van der Waals surface area contributed by atoms with Crippen LogP contribution in [0.4, 0.5) is 0 Å². The van der Waals surface area contributed by atoms with Gasteiger partial charge >= 0.3 is 5.97 Å². The van der Waals surface area contributed by atoms with Crippen molar-refractivity contribution in [3.63, 3.8) is 0 Å². The molecule has 3 aromatic rings. The van der Waals surface area contributed by atoms with Gasteiger partial charge in [-0.05, 0) is 12.5 Å². The zero-order chi connectivity index (χ0) is 23.4. The van der Waals surface area contributed by atoms with Gasteiger partial charge in [-0.2, -0.15) is 0 Å². The molecule has 1 aliphatic heterocycles. The van der Waals surface area contributed by atoms with Crippen molar-refractivity contribution in [2.75, 3.05) is 14.2 Å². The number of carbonyl (C=O) groups is 2. The van der Waals surface area contributed by atoms with Crippen molar-refractivity contribution in [1.82, 2.24) is 4.98 Å². The summed E-state index contributed by atoms with van der Waals surface area (Å²) in [4.78, 5) is 31.7. The van der Waals surface area contributed by atoms with E-state index in [0.29, 0.717) is 11.1 Å². The van der Waals surface area contributed by atoms with Gasteiger partial charge in [0.15, 0.2) is 5.60 Å². The lowest BCUT2D eigenvalue weighted by atomic mass is 9.75. The maximum absolute atomic E-state index is 14.3. The minimum absolute atomic E-state index is 0.0848. The number of benzene rings is 2. The van der Waals surface area contributed by atoms with E-state index in [9.17, 15) is 14.7 Å². The molecule has 168 valence electrons. The van der Waals surface area contributed by atoms with Crippen LogP contribution < -0.4 is 9.47 Å². The summed E-state index contributed by atoms with van der Waals surface area (Å²) in [6.45, 7) is 1.94. The Kier molecular flexibility index (Phi) is 4.76. The number of ether oxygens (including phenoxy) is 3. The Hall–Kier alpha value is -3.71. The van der Waals surface area contributed by atoms with E-state index in [-0.39, 0.29) is 17.1 Å². The second-order valence-corrected chi connectivity index (χ2v) is 8.40. The van der Waals surface area contributed by atoms with E-state index in [4.69, 9.17) is 14.2 Å². The predicted molar refractivity (Wildman–Crippen MR) is 118 cm³/mol. The summed E-state index contributed by atoms with van der Waals surface area (Å²) < 4.78 is 17.0. The van der Waals surface area contributed by atoms with Crippen molar-refractivity contribution in [3.8, 4) is 11.5 Å². The lowest BCUT2D eigenvalue weighted by Crippen LogP contribution is -2.51. The number of hydrogen-bond donors (Lipinski definition) is 1. The number of aryl methyl sites for hydroxylation is 1. The highest BCUT2D eigenvalue weighted by Gasteiger charge is 2.77. The first-order valence-corrected chi connectivity index (χ1v) is 10.6. The third-order valence-corrected chi connectivity index (χ3v) is 6.75. The third-order valence-electron chi connectivity index (χ3n) is 6.75. The summed E-state index contributed by atoms with van der Waals surface area (Å²) >= 11 is 0. The van der Waals surface area contributed by atoms with Gasteiger partial charge in [0.1, 0.15) is 17.4 Å². The second-order valence-electron chi connectivity index (χ2n) is 8.40. The van der Waals surface area contributed by atoms with Gasteiger partial charge in [0, 0.05) is 5.56 Å². The molecule has 7 nitrogen and oxygen atoms in total. The number of aliphatic hydroxyl groups is 1. The van der Waals surface area contributed by atoms with Crippen molar-refractivity contribution in [2.24, 2.45) is 5.92 Å². The van der Waals surface area contributed by atoms with Gasteiger partial charge in [0.05, 0.1) is 38.1 Å². The standard InChI is InChI=1S/C26H23NO6/c1-15-9-11-17(12-10-15)26-20(16-7-5-4-6-8-16)22(23(28)32-3)25(30,24(26)29)21-18(31-2)13-27-14-19(21)33-26/h4-14,20,22,30H,1-3H3/t20?,22-,25-,26?/m0/s1. The zero-order valence-electron chi connectivity index (χ0n) is 18.4. The Morgan fingerprint density at radius 2 is 1.76 bits per heavy atom. The first-order valence-electron chi connectivity index (χ1n) is 10.6. The molecule has 2 unspecified atom stereocenters. The first-order chi connectivity index (χ1) is 15.9. The zero-order valence-corrected chi connectivity index (χ0v) is 18.4. The van der Waals surface area contributed by atoms with Gasteiger partial charge in [0.2, 0.25) is 11.4 Å². The molecule has 1 N–H and O–H groups in total. The Labute approximate surface area is 190 Å². The van der Waals surface area contributed by atoms with Crippen LogP contribution in [0.25, 0.3) is 0 Å². The van der Waals surface area contributed by atoms with Crippen molar-refractivity contribution < 1.29 is 28.9 Å². The minimum Gasteiger partial charge on any atom is -0.495 e. The smallest absolute Gasteiger partial charge is 0.313 e. The number of aromatic nitrogens is 1. The van der Waals surface area contributed by atoms with Gasteiger partial charge in [-0.15, -0.1) is 0 Å². The monoisotopic (exact) mass is 445 g/mol. The Morgan fingerprint density at radius 3 is 2.39 bits per heavy atom. The topological polar surface area (TPSA) is 95.0 Å². The first kappa shape index (κ1) is 21.2. The van der Waals surface area contributed by atoms with Crippen LogP contribution >= 0.6 is 0 Å². The molecular formula is C26H23NO6. The van der Waals surface area contributed by atoms with Gasteiger partial charge < -0.3 is 19.3 Å². The third kappa shape index (κ3) is 2.69. The highest BCUT2D eigenvalue weighted by Crippen LogP contribution is 2.65. The number of Topliss-reactive ketones (excluding diaryl/α,β-unsaturated/α-hetero) is 1. The summed E-state index contributed by atoms with van der Waals surface area (Å²) in [6, 6.07) is 16.4. The molecule has 2 heterocycles. The average Bonchev–Trinajstić information content (AvgIpc) is 2.96. The quantitative estimate of drug-likeness (QED) is 0.617. The summed E-state index contributed by atoms with van der Waals surface area (Å²) in [6.07, 6.45) is 2.82. The molecule has 33 heavy (non-hydrogen) atoms. The molecule has 1 aromatic heterocycles. The number of carbonyl (C=O) groups excluding carboxylic acids is 2. The van der Waals surface area contributed by atoms with Crippen LogP contribution in [0.5, 0.6) is 11.5 Å². The lowest BCUT2D eigenvalue weighted by Gasteiger charge is -2.39.